The molecule has 0 bridgehead atoms. The van der Waals surface area contributed by atoms with Crippen molar-refractivity contribution in [1.29, 1.82) is 5.26 Å². The third-order valence-electron chi connectivity index (χ3n) is 9.80. The number of aliphatic hydroxyl groups excluding tert-OH is 1. The van der Waals surface area contributed by atoms with Gasteiger partial charge in [-0.1, -0.05) is 24.4 Å². The number of likely N-dealkylation sites (tertiary alicyclic amines) is 2. The van der Waals surface area contributed by atoms with Crippen LogP contribution in [0.15, 0.2) is 23.3 Å². The molecular formula is C29H38ClN5O2. The lowest BCUT2D eigenvalue weighted by Crippen LogP contribution is -2.60. The molecule has 7 nitrogen and oxygen atoms in total. The van der Waals surface area contributed by atoms with E-state index in [-0.39, 0.29) is 12.0 Å². The minimum atomic E-state index is -0.240. The van der Waals surface area contributed by atoms with E-state index in [0.29, 0.717) is 59.8 Å². The fraction of sp³-hybridized carbons (Fsp3) is 0.690. The normalized spacial score (nSPS) is 26.9. The zero-order chi connectivity index (χ0) is 25.6. The number of hydrogen-bond donors (Lipinski definition) is 1. The van der Waals surface area contributed by atoms with Crippen molar-refractivity contribution < 1.29 is 9.90 Å². The van der Waals surface area contributed by atoms with Crippen molar-refractivity contribution in [2.45, 2.75) is 82.8 Å². The number of anilines is 1. The zero-order valence-corrected chi connectivity index (χ0v) is 22.4. The third kappa shape index (κ3) is 4.83. The molecule has 3 heterocycles. The first-order chi connectivity index (χ1) is 17.9. The Kier molecular flexibility index (Phi) is 6.83. The Morgan fingerprint density at radius 1 is 1.08 bits per heavy atom. The molecule has 1 aromatic rings. The van der Waals surface area contributed by atoms with Crippen LogP contribution in [0.2, 0.25) is 5.02 Å². The SMILES string of the molecule is N#Cc1ccc(N2N=C(N3CC4(CCC(C(=O)N5CCC(O)CC5)CC4)C3)CC2C2CCCC2)cc1Cl. The van der Waals surface area contributed by atoms with Gasteiger partial charge in [-0.15, -0.1) is 0 Å². The highest BCUT2D eigenvalue weighted by atomic mass is 35.5. The van der Waals surface area contributed by atoms with Gasteiger partial charge in [-0.2, -0.15) is 10.4 Å². The number of carbonyl (C=O) groups is 1. The summed E-state index contributed by atoms with van der Waals surface area (Å²) in [4.78, 5) is 17.5. The molecule has 198 valence electrons. The molecule has 2 saturated carbocycles. The van der Waals surface area contributed by atoms with Crippen LogP contribution in [0.25, 0.3) is 0 Å². The molecule has 0 aromatic heterocycles. The monoisotopic (exact) mass is 523 g/mol. The summed E-state index contributed by atoms with van der Waals surface area (Å²) in [6.07, 6.45) is 11.5. The first kappa shape index (κ1) is 25.0. The summed E-state index contributed by atoms with van der Waals surface area (Å²) >= 11 is 6.39. The molecular weight excluding hydrogens is 486 g/mol. The number of hydrogen-bond acceptors (Lipinski definition) is 6. The van der Waals surface area contributed by atoms with Gasteiger partial charge in [-0.25, -0.2) is 0 Å². The van der Waals surface area contributed by atoms with E-state index in [2.05, 4.69) is 16.0 Å². The first-order valence-electron chi connectivity index (χ1n) is 14.2. The molecule has 2 aliphatic carbocycles. The van der Waals surface area contributed by atoms with Crippen LogP contribution in [-0.2, 0) is 4.79 Å². The van der Waals surface area contributed by atoms with Crippen LogP contribution in [0.1, 0.15) is 76.2 Å². The largest absolute Gasteiger partial charge is 0.393 e. The lowest BCUT2D eigenvalue weighted by molar-refractivity contribution is -0.140. The zero-order valence-electron chi connectivity index (χ0n) is 21.6. The van der Waals surface area contributed by atoms with Gasteiger partial charge in [-0.05, 0) is 75.5 Å². The van der Waals surface area contributed by atoms with E-state index in [9.17, 15) is 15.2 Å². The molecule has 1 spiro atoms. The fourth-order valence-corrected chi connectivity index (χ4v) is 7.70. The quantitative estimate of drug-likeness (QED) is 0.617. The molecule has 1 amide bonds. The van der Waals surface area contributed by atoms with Gasteiger partial charge in [0.1, 0.15) is 11.9 Å². The van der Waals surface area contributed by atoms with Crippen molar-refractivity contribution >= 4 is 29.0 Å². The van der Waals surface area contributed by atoms with E-state index in [1.54, 1.807) is 6.07 Å². The number of benzene rings is 1. The van der Waals surface area contributed by atoms with Crippen LogP contribution < -0.4 is 5.01 Å². The van der Waals surface area contributed by atoms with E-state index in [1.807, 2.05) is 17.0 Å². The van der Waals surface area contributed by atoms with Gasteiger partial charge in [0.05, 0.1) is 28.4 Å². The Labute approximate surface area is 225 Å². The van der Waals surface area contributed by atoms with Gasteiger partial charge >= 0.3 is 0 Å². The maximum atomic E-state index is 13.0. The summed E-state index contributed by atoms with van der Waals surface area (Å²) in [5, 5.41) is 26.9. The second kappa shape index (κ2) is 10.1. The number of piperidine rings is 1. The van der Waals surface area contributed by atoms with Crippen molar-refractivity contribution in [2.24, 2.45) is 22.4 Å². The predicted octanol–water partition coefficient (Wildman–Crippen LogP) is 4.77. The van der Waals surface area contributed by atoms with E-state index in [0.717, 1.165) is 50.9 Å². The van der Waals surface area contributed by atoms with Crippen LogP contribution in [0, 0.1) is 28.6 Å². The van der Waals surface area contributed by atoms with Gasteiger partial charge < -0.3 is 14.9 Å². The topological polar surface area (TPSA) is 83.2 Å². The third-order valence-corrected chi connectivity index (χ3v) is 10.1. The number of nitriles is 1. The fourth-order valence-electron chi connectivity index (χ4n) is 7.48. The lowest BCUT2D eigenvalue weighted by Gasteiger charge is -2.54. The molecule has 1 unspecified atom stereocenters. The molecule has 1 atom stereocenters. The van der Waals surface area contributed by atoms with Crippen LogP contribution in [0.3, 0.4) is 0 Å². The molecule has 2 saturated heterocycles. The van der Waals surface area contributed by atoms with Crippen LogP contribution in [-0.4, -0.2) is 65.0 Å². The highest BCUT2D eigenvalue weighted by Crippen LogP contribution is 2.48. The maximum Gasteiger partial charge on any atom is 0.225 e. The minimum absolute atomic E-state index is 0.155. The lowest BCUT2D eigenvalue weighted by atomic mass is 9.65. The summed E-state index contributed by atoms with van der Waals surface area (Å²) in [6, 6.07) is 8.20. The summed E-state index contributed by atoms with van der Waals surface area (Å²) in [6.45, 7) is 3.50. The van der Waals surface area contributed by atoms with Gasteiger partial charge in [-0.3, -0.25) is 9.80 Å². The molecule has 0 radical (unpaired) electrons. The molecule has 1 N–H and O–H groups in total. The number of halogens is 1. The Hall–Kier alpha value is -2.30. The Balaban J connectivity index is 1.09. The average Bonchev–Trinajstić information content (AvgIpc) is 3.58. The second-order valence-electron chi connectivity index (χ2n) is 12.1. The summed E-state index contributed by atoms with van der Waals surface area (Å²) < 4.78 is 0. The highest BCUT2D eigenvalue weighted by Gasteiger charge is 2.49. The van der Waals surface area contributed by atoms with Gasteiger partial charge in [0.25, 0.3) is 0 Å². The maximum absolute atomic E-state index is 13.0. The van der Waals surface area contributed by atoms with E-state index < -0.39 is 0 Å². The van der Waals surface area contributed by atoms with E-state index in [4.69, 9.17) is 16.7 Å². The molecule has 6 rings (SSSR count). The number of rotatable bonds is 3. The first-order valence-corrected chi connectivity index (χ1v) is 14.6. The van der Waals surface area contributed by atoms with E-state index >= 15 is 0 Å². The minimum Gasteiger partial charge on any atom is -0.393 e. The highest BCUT2D eigenvalue weighted by molar-refractivity contribution is 6.32. The number of amides is 1. The summed E-state index contributed by atoms with van der Waals surface area (Å²) in [5.41, 5.74) is 1.81. The second-order valence-corrected chi connectivity index (χ2v) is 12.5. The van der Waals surface area contributed by atoms with Gasteiger partial charge in [0, 0.05) is 43.9 Å². The number of hydrazone groups is 1. The van der Waals surface area contributed by atoms with E-state index in [1.165, 1.54) is 31.5 Å². The van der Waals surface area contributed by atoms with Crippen LogP contribution in [0.4, 0.5) is 5.69 Å². The summed E-state index contributed by atoms with van der Waals surface area (Å²) in [5.74, 6) is 2.30. The van der Waals surface area contributed by atoms with Gasteiger partial charge in [0.2, 0.25) is 5.91 Å². The van der Waals surface area contributed by atoms with Crippen LogP contribution >= 0.6 is 11.6 Å². The number of nitrogens with zero attached hydrogens (tertiary/aromatic N) is 5. The number of carbonyl (C=O) groups excluding carboxylic acids is 1. The number of amidine groups is 1. The number of aliphatic hydroxyl groups is 1. The molecule has 8 heteroatoms. The molecule has 37 heavy (non-hydrogen) atoms. The predicted molar refractivity (Wildman–Crippen MR) is 144 cm³/mol. The molecule has 3 aliphatic heterocycles. The van der Waals surface area contributed by atoms with Crippen molar-refractivity contribution in [3.63, 3.8) is 0 Å². The molecule has 1 aromatic carbocycles. The Morgan fingerprint density at radius 2 is 1.78 bits per heavy atom. The molecule has 4 fully saturated rings. The van der Waals surface area contributed by atoms with Crippen molar-refractivity contribution in [3.8, 4) is 6.07 Å². The van der Waals surface area contributed by atoms with Crippen LogP contribution in [0.5, 0.6) is 0 Å². The summed E-state index contributed by atoms with van der Waals surface area (Å²) in [7, 11) is 0. The van der Waals surface area contributed by atoms with Gasteiger partial charge in [0.15, 0.2) is 0 Å². The smallest absolute Gasteiger partial charge is 0.225 e. The molecule has 5 aliphatic rings. The standard InChI is InChI=1S/C29H38ClN5O2/c30-25-15-23(6-5-22(25)17-31)35-26(20-3-1-2-4-20)16-27(32-35)34-18-29(19-34)11-7-21(8-12-29)28(37)33-13-9-24(36)10-14-33/h5-6,15,20-21,24,26,36H,1-4,7-14,16,18-19H2. The Bertz CT molecular complexity index is 1090. The van der Waals surface area contributed by atoms with Crippen molar-refractivity contribution in [3.05, 3.63) is 28.8 Å². The van der Waals surface area contributed by atoms with Crippen molar-refractivity contribution in [2.75, 3.05) is 31.2 Å². The Morgan fingerprint density at radius 3 is 2.43 bits per heavy atom. The average molecular weight is 524 g/mol. The van der Waals surface area contributed by atoms with Crippen molar-refractivity contribution in [1.82, 2.24) is 9.80 Å².